The van der Waals surface area contributed by atoms with Crippen LogP contribution in [0.2, 0.25) is 0 Å². The van der Waals surface area contributed by atoms with Gasteiger partial charge in [-0.2, -0.15) is 13.2 Å². The summed E-state index contributed by atoms with van der Waals surface area (Å²) in [4.78, 5) is 5.94. The Balaban J connectivity index is 1.81. The van der Waals surface area contributed by atoms with Crippen LogP contribution >= 0.6 is 0 Å². The lowest BCUT2D eigenvalue weighted by Gasteiger charge is -2.32. The number of aliphatic hydroxyl groups is 1. The van der Waals surface area contributed by atoms with Crippen LogP contribution in [0.4, 0.5) is 13.2 Å². The Kier molecular flexibility index (Phi) is 7.01. The topological polar surface area (TPSA) is 48.4 Å². The maximum Gasteiger partial charge on any atom is 0.404 e. The largest absolute Gasteiger partial charge is 0.404 e. The van der Waals surface area contributed by atoms with Crippen LogP contribution in [0.1, 0.15) is 25.3 Å². The number of halogens is 3. The van der Waals surface area contributed by atoms with Crippen LogP contribution in [0.15, 0.2) is 24.5 Å². The van der Waals surface area contributed by atoms with E-state index in [9.17, 15) is 18.3 Å². The Bertz CT molecular complexity index is 476. The molecular formula is C17H26F3N3O. The van der Waals surface area contributed by atoms with Crippen molar-refractivity contribution in [3.63, 3.8) is 0 Å². The first-order valence-electron chi connectivity index (χ1n) is 8.44. The van der Waals surface area contributed by atoms with E-state index in [1.807, 2.05) is 0 Å². The van der Waals surface area contributed by atoms with Crippen molar-refractivity contribution in [1.29, 1.82) is 0 Å². The van der Waals surface area contributed by atoms with Crippen LogP contribution in [-0.2, 0) is 6.42 Å². The van der Waals surface area contributed by atoms with Crippen molar-refractivity contribution in [2.24, 2.45) is 5.92 Å². The van der Waals surface area contributed by atoms with Crippen molar-refractivity contribution in [3.8, 4) is 0 Å². The number of rotatable bonds is 7. The summed E-state index contributed by atoms with van der Waals surface area (Å²) in [5.41, 5.74) is 0.569. The average Bonchev–Trinajstić information content (AvgIpc) is 2.53. The molecule has 0 radical (unpaired) electrons. The number of aliphatic hydroxyl groups excluding tert-OH is 1. The number of pyridine rings is 1. The van der Waals surface area contributed by atoms with Gasteiger partial charge in [-0.15, -0.1) is 0 Å². The SMILES string of the molecule is CC1CCN(CC(O)CNC(Cc2ccncc2)C(F)(F)F)CC1. The van der Waals surface area contributed by atoms with E-state index in [4.69, 9.17) is 0 Å². The molecule has 0 aliphatic carbocycles. The Hall–Kier alpha value is -1.18. The van der Waals surface area contributed by atoms with Crippen molar-refractivity contribution < 1.29 is 18.3 Å². The van der Waals surface area contributed by atoms with Crippen molar-refractivity contribution in [2.45, 2.75) is 44.5 Å². The molecule has 2 heterocycles. The van der Waals surface area contributed by atoms with Crippen LogP contribution in [0.3, 0.4) is 0 Å². The summed E-state index contributed by atoms with van der Waals surface area (Å²) in [6.07, 6.45) is -0.213. The summed E-state index contributed by atoms with van der Waals surface area (Å²) in [5, 5.41) is 12.6. The number of hydrogen-bond acceptors (Lipinski definition) is 4. The van der Waals surface area contributed by atoms with Gasteiger partial charge < -0.3 is 15.3 Å². The smallest absolute Gasteiger partial charge is 0.390 e. The van der Waals surface area contributed by atoms with Crippen molar-refractivity contribution in [3.05, 3.63) is 30.1 Å². The average molecular weight is 345 g/mol. The van der Waals surface area contributed by atoms with E-state index >= 15 is 0 Å². The molecule has 1 saturated heterocycles. The Morgan fingerprint density at radius 3 is 2.50 bits per heavy atom. The highest BCUT2D eigenvalue weighted by molar-refractivity contribution is 5.12. The highest BCUT2D eigenvalue weighted by atomic mass is 19.4. The van der Waals surface area contributed by atoms with E-state index in [-0.39, 0.29) is 13.0 Å². The quantitative estimate of drug-likeness (QED) is 0.796. The maximum atomic E-state index is 13.2. The fourth-order valence-electron chi connectivity index (χ4n) is 2.94. The van der Waals surface area contributed by atoms with E-state index in [2.05, 4.69) is 22.1 Å². The van der Waals surface area contributed by atoms with Gasteiger partial charge in [0.2, 0.25) is 0 Å². The lowest BCUT2D eigenvalue weighted by Crippen LogP contribution is -2.49. The molecule has 0 amide bonds. The Morgan fingerprint density at radius 1 is 1.29 bits per heavy atom. The molecule has 2 N–H and O–H groups in total. The molecule has 2 atom stereocenters. The minimum absolute atomic E-state index is 0.0681. The molecule has 0 saturated carbocycles. The van der Waals surface area contributed by atoms with Crippen LogP contribution in [0, 0.1) is 5.92 Å². The minimum Gasteiger partial charge on any atom is -0.390 e. The molecule has 2 rings (SSSR count). The highest BCUT2D eigenvalue weighted by Gasteiger charge is 2.39. The molecule has 1 aliphatic rings. The van der Waals surface area contributed by atoms with E-state index in [1.54, 1.807) is 12.1 Å². The molecule has 1 aliphatic heterocycles. The summed E-state index contributed by atoms with van der Waals surface area (Å²) in [7, 11) is 0. The maximum absolute atomic E-state index is 13.2. The predicted octanol–water partition coefficient (Wildman–Crippen LogP) is 2.24. The fourth-order valence-corrected chi connectivity index (χ4v) is 2.94. The summed E-state index contributed by atoms with van der Waals surface area (Å²) in [6.45, 7) is 4.35. The number of likely N-dealkylation sites (tertiary alicyclic amines) is 1. The summed E-state index contributed by atoms with van der Waals surface area (Å²) in [5.74, 6) is 0.687. The molecule has 1 aromatic rings. The zero-order valence-electron chi connectivity index (χ0n) is 14.0. The summed E-state index contributed by atoms with van der Waals surface area (Å²) in [6, 6.07) is 1.48. The zero-order chi connectivity index (χ0) is 17.6. The zero-order valence-corrected chi connectivity index (χ0v) is 14.0. The standard InChI is InChI=1S/C17H26F3N3O/c1-13-4-8-23(9-5-13)12-15(24)11-22-16(17(18,19)20)10-14-2-6-21-7-3-14/h2-3,6-7,13,15-16,22,24H,4-5,8-12H2,1H3. The van der Waals surface area contributed by atoms with Gasteiger partial charge in [0.1, 0.15) is 6.04 Å². The van der Waals surface area contributed by atoms with Gasteiger partial charge in [0, 0.05) is 25.5 Å². The predicted molar refractivity (Wildman–Crippen MR) is 86.6 cm³/mol. The third kappa shape index (κ3) is 6.37. The second-order valence-corrected chi connectivity index (χ2v) is 6.70. The second-order valence-electron chi connectivity index (χ2n) is 6.70. The van der Waals surface area contributed by atoms with E-state index < -0.39 is 18.3 Å². The molecule has 0 spiro atoms. The molecule has 136 valence electrons. The van der Waals surface area contributed by atoms with Gasteiger partial charge in [-0.25, -0.2) is 0 Å². The highest BCUT2D eigenvalue weighted by Crippen LogP contribution is 2.23. The van der Waals surface area contributed by atoms with E-state index in [0.29, 0.717) is 18.0 Å². The molecule has 1 fully saturated rings. The first kappa shape index (κ1) is 19.1. The molecule has 24 heavy (non-hydrogen) atoms. The second kappa shape index (κ2) is 8.78. The molecule has 7 heteroatoms. The minimum atomic E-state index is -4.36. The number of nitrogens with one attached hydrogen (secondary N) is 1. The van der Waals surface area contributed by atoms with Gasteiger partial charge in [-0.3, -0.25) is 4.98 Å². The lowest BCUT2D eigenvalue weighted by molar-refractivity contribution is -0.156. The van der Waals surface area contributed by atoms with Crippen molar-refractivity contribution in [2.75, 3.05) is 26.2 Å². The third-order valence-corrected chi connectivity index (χ3v) is 4.53. The normalized spacial score (nSPS) is 20.0. The molecule has 0 aromatic carbocycles. The molecule has 0 bridgehead atoms. The Morgan fingerprint density at radius 2 is 1.92 bits per heavy atom. The number of piperidine rings is 1. The fraction of sp³-hybridized carbons (Fsp3) is 0.706. The number of β-amino-alcohol motifs (C(OH)–C–C–N with tert-alkyl or cyclic N) is 1. The van der Waals surface area contributed by atoms with Gasteiger partial charge >= 0.3 is 6.18 Å². The van der Waals surface area contributed by atoms with Gasteiger partial charge in [-0.1, -0.05) is 6.92 Å². The Labute approximate surface area is 141 Å². The monoisotopic (exact) mass is 345 g/mol. The van der Waals surface area contributed by atoms with Crippen LogP contribution in [0.5, 0.6) is 0 Å². The lowest BCUT2D eigenvalue weighted by atomic mass is 9.99. The van der Waals surface area contributed by atoms with Crippen molar-refractivity contribution >= 4 is 0 Å². The number of alkyl halides is 3. The number of aromatic nitrogens is 1. The first-order valence-corrected chi connectivity index (χ1v) is 8.44. The van der Waals surface area contributed by atoms with E-state index in [0.717, 1.165) is 25.9 Å². The number of hydrogen-bond donors (Lipinski definition) is 2. The van der Waals surface area contributed by atoms with Crippen LogP contribution < -0.4 is 5.32 Å². The van der Waals surface area contributed by atoms with Gasteiger partial charge in [0.05, 0.1) is 6.10 Å². The molecule has 2 unspecified atom stereocenters. The molecule has 1 aromatic heterocycles. The third-order valence-electron chi connectivity index (χ3n) is 4.53. The van der Waals surface area contributed by atoms with Gasteiger partial charge in [0.25, 0.3) is 0 Å². The van der Waals surface area contributed by atoms with Gasteiger partial charge in [0.15, 0.2) is 0 Å². The summed E-state index contributed by atoms with van der Waals surface area (Å²) >= 11 is 0. The summed E-state index contributed by atoms with van der Waals surface area (Å²) < 4.78 is 39.6. The van der Waals surface area contributed by atoms with Crippen molar-refractivity contribution in [1.82, 2.24) is 15.2 Å². The molecule has 4 nitrogen and oxygen atoms in total. The number of nitrogens with zero attached hydrogens (tertiary/aromatic N) is 2. The van der Waals surface area contributed by atoms with Gasteiger partial charge in [-0.05, 0) is 56.0 Å². The van der Waals surface area contributed by atoms with Crippen LogP contribution in [-0.4, -0.2) is 59.5 Å². The van der Waals surface area contributed by atoms with Crippen LogP contribution in [0.25, 0.3) is 0 Å². The first-order chi connectivity index (χ1) is 11.3. The van der Waals surface area contributed by atoms with E-state index in [1.165, 1.54) is 12.4 Å². The molecular weight excluding hydrogens is 319 g/mol.